The van der Waals surface area contributed by atoms with E-state index in [2.05, 4.69) is 47.9 Å². The van der Waals surface area contributed by atoms with Crippen LogP contribution in [0.5, 0.6) is 0 Å². The van der Waals surface area contributed by atoms with E-state index in [1.54, 1.807) is 0 Å². The maximum Gasteiger partial charge on any atom is 0.472 e. The molecule has 0 aliphatic heterocycles. The highest BCUT2D eigenvalue weighted by Crippen LogP contribution is 2.43. The Morgan fingerprint density at radius 1 is 0.775 bits per heavy atom. The van der Waals surface area contributed by atoms with Crippen LogP contribution in [-0.4, -0.2) is 49.3 Å². The van der Waals surface area contributed by atoms with Crippen LogP contribution >= 0.6 is 7.82 Å². The number of allylic oxidation sites excluding steroid dienone is 6. The van der Waals surface area contributed by atoms with Gasteiger partial charge in [-0.1, -0.05) is 88.8 Å². The maximum atomic E-state index is 12.3. The number of rotatable bonds is 27. The van der Waals surface area contributed by atoms with Gasteiger partial charge in [-0.3, -0.25) is 18.6 Å². The number of carbonyl (C=O) groups is 2. The molecule has 9 nitrogen and oxygen atoms in total. The van der Waals surface area contributed by atoms with E-state index < -0.39 is 32.5 Å². The molecule has 0 bridgehead atoms. The predicted molar refractivity (Wildman–Crippen MR) is 160 cm³/mol. The van der Waals surface area contributed by atoms with Gasteiger partial charge in [0.05, 0.1) is 13.2 Å². The molecule has 2 atom stereocenters. The minimum atomic E-state index is -4.35. The normalized spacial score (nSPS) is 14.2. The van der Waals surface area contributed by atoms with Crippen molar-refractivity contribution < 1.29 is 37.6 Å². The average Bonchev–Trinajstić information content (AvgIpc) is 2.93. The molecule has 232 valence electrons. The zero-order valence-corrected chi connectivity index (χ0v) is 25.7. The van der Waals surface area contributed by atoms with E-state index >= 15 is 0 Å². The summed E-state index contributed by atoms with van der Waals surface area (Å²) in [6, 6.07) is 0. The summed E-state index contributed by atoms with van der Waals surface area (Å²) in [5.74, 6) is -0.887. The van der Waals surface area contributed by atoms with Gasteiger partial charge in [0.2, 0.25) is 0 Å². The van der Waals surface area contributed by atoms with Crippen LogP contribution in [0, 0.1) is 0 Å². The molecule has 0 saturated carbocycles. The van der Waals surface area contributed by atoms with Crippen LogP contribution in [0.15, 0.2) is 36.5 Å². The third-order valence-corrected chi connectivity index (χ3v) is 6.77. The summed E-state index contributed by atoms with van der Waals surface area (Å²) in [5.41, 5.74) is 5.27. The third-order valence-electron chi connectivity index (χ3n) is 5.79. The molecule has 0 radical (unpaired) electrons. The molecule has 2 unspecified atom stereocenters. The Bertz CT molecular complexity index is 769. The fourth-order valence-electron chi connectivity index (χ4n) is 3.56. The first-order valence-corrected chi connectivity index (χ1v) is 16.5. The molecule has 0 aromatic carbocycles. The second-order valence-electron chi connectivity index (χ2n) is 9.59. The van der Waals surface area contributed by atoms with Gasteiger partial charge in [-0.25, -0.2) is 4.57 Å². The van der Waals surface area contributed by atoms with Gasteiger partial charge < -0.3 is 20.1 Å². The van der Waals surface area contributed by atoms with Crippen molar-refractivity contribution in [3.05, 3.63) is 36.5 Å². The highest BCUT2D eigenvalue weighted by atomic mass is 31.2. The fourth-order valence-corrected chi connectivity index (χ4v) is 4.33. The topological polar surface area (TPSA) is 134 Å². The number of phosphoric acid groups is 1. The van der Waals surface area contributed by atoms with Gasteiger partial charge in [0.25, 0.3) is 0 Å². The van der Waals surface area contributed by atoms with Gasteiger partial charge in [0.1, 0.15) is 6.61 Å². The SMILES string of the molecule is CC/C=C\C/C=C\C/C=C\CCCCCCCCCC(=O)OC(COC(=O)CCCC)COP(=O)(O)OCCN. The Balaban J connectivity index is 4.10. The Morgan fingerprint density at radius 2 is 1.38 bits per heavy atom. The Labute approximate surface area is 242 Å². The van der Waals surface area contributed by atoms with Crippen LogP contribution in [0.25, 0.3) is 0 Å². The van der Waals surface area contributed by atoms with Crippen LogP contribution < -0.4 is 5.73 Å². The largest absolute Gasteiger partial charge is 0.472 e. The van der Waals surface area contributed by atoms with E-state index in [-0.39, 0.29) is 32.6 Å². The first-order valence-electron chi connectivity index (χ1n) is 15.0. The quantitative estimate of drug-likeness (QED) is 0.0447. The molecule has 40 heavy (non-hydrogen) atoms. The molecule has 10 heteroatoms. The smallest absolute Gasteiger partial charge is 0.462 e. The summed E-state index contributed by atoms with van der Waals surface area (Å²) < 4.78 is 32.0. The van der Waals surface area contributed by atoms with Crippen LogP contribution in [0.2, 0.25) is 0 Å². The summed E-state index contributed by atoms with van der Waals surface area (Å²) in [7, 11) is -4.35. The van der Waals surface area contributed by atoms with E-state index in [0.29, 0.717) is 12.8 Å². The molecule has 0 aliphatic rings. The predicted octanol–water partition coefficient (Wildman–Crippen LogP) is 7.09. The molecule has 0 fully saturated rings. The Kier molecular flexibility index (Phi) is 26.2. The fraction of sp³-hybridized carbons (Fsp3) is 0.733. The van der Waals surface area contributed by atoms with Crippen molar-refractivity contribution in [1.82, 2.24) is 0 Å². The third kappa shape index (κ3) is 26.5. The number of carbonyl (C=O) groups excluding carboxylic acids is 2. The highest BCUT2D eigenvalue weighted by Gasteiger charge is 2.25. The lowest BCUT2D eigenvalue weighted by molar-refractivity contribution is -0.161. The van der Waals surface area contributed by atoms with Gasteiger partial charge in [-0.2, -0.15) is 0 Å². The summed E-state index contributed by atoms with van der Waals surface area (Å²) in [5, 5.41) is 0. The lowest BCUT2D eigenvalue weighted by atomic mass is 10.1. The van der Waals surface area contributed by atoms with Gasteiger partial charge in [-0.15, -0.1) is 0 Å². The number of unbranched alkanes of at least 4 members (excludes halogenated alkanes) is 8. The van der Waals surface area contributed by atoms with Crippen molar-refractivity contribution in [2.45, 2.75) is 116 Å². The molecule has 0 aliphatic carbocycles. The Morgan fingerprint density at radius 3 is 2.02 bits per heavy atom. The summed E-state index contributed by atoms with van der Waals surface area (Å²) in [4.78, 5) is 33.8. The molecule has 3 N–H and O–H groups in total. The lowest BCUT2D eigenvalue weighted by Gasteiger charge is -2.19. The molecular weight excluding hydrogens is 533 g/mol. The van der Waals surface area contributed by atoms with Gasteiger partial charge in [0.15, 0.2) is 6.10 Å². The van der Waals surface area contributed by atoms with E-state index in [1.165, 1.54) is 19.3 Å². The summed E-state index contributed by atoms with van der Waals surface area (Å²) in [6.07, 6.45) is 25.8. The first kappa shape index (κ1) is 38.2. The zero-order valence-electron chi connectivity index (χ0n) is 24.8. The molecule has 0 saturated heterocycles. The first-order chi connectivity index (χ1) is 19.3. The molecule has 0 spiro atoms. The van der Waals surface area contributed by atoms with Crippen LogP contribution in [0.3, 0.4) is 0 Å². The average molecular weight is 588 g/mol. The van der Waals surface area contributed by atoms with Crippen molar-refractivity contribution >= 4 is 19.8 Å². The van der Waals surface area contributed by atoms with Crippen molar-refractivity contribution in [3.63, 3.8) is 0 Å². The summed E-state index contributed by atoms with van der Waals surface area (Å²) in [6.45, 7) is 3.30. The zero-order chi connectivity index (χ0) is 29.7. The number of esters is 2. The minimum absolute atomic E-state index is 0.0501. The standard InChI is InChI=1S/C30H54NO8P/c1-3-5-7-8-9-10-11-12-13-14-15-16-17-18-19-20-21-23-30(33)39-28(26-36-29(32)22-6-4-2)27-38-40(34,35)37-25-24-31/h5,7,9-10,12-13,28H,3-4,6,8,11,14-27,31H2,1-2H3,(H,34,35)/b7-5-,10-9-,13-12-. The minimum Gasteiger partial charge on any atom is -0.462 e. The number of nitrogens with two attached hydrogens (primary N) is 1. The van der Waals surface area contributed by atoms with E-state index in [0.717, 1.165) is 51.4 Å². The van der Waals surface area contributed by atoms with Gasteiger partial charge in [-0.05, 0) is 44.9 Å². The van der Waals surface area contributed by atoms with E-state index in [4.69, 9.17) is 19.7 Å². The lowest BCUT2D eigenvalue weighted by Crippen LogP contribution is -2.29. The molecule has 0 rings (SSSR count). The van der Waals surface area contributed by atoms with E-state index in [1.807, 2.05) is 6.92 Å². The molecule has 0 amide bonds. The number of phosphoric ester groups is 1. The monoisotopic (exact) mass is 587 g/mol. The Hall–Kier alpha value is -1.77. The second kappa shape index (κ2) is 27.4. The molecule has 0 heterocycles. The van der Waals surface area contributed by atoms with E-state index in [9.17, 15) is 19.0 Å². The maximum absolute atomic E-state index is 12.3. The molecular formula is C30H54NO8P. The van der Waals surface area contributed by atoms with Crippen LogP contribution in [0.1, 0.15) is 110 Å². The van der Waals surface area contributed by atoms with Crippen molar-refractivity contribution in [1.29, 1.82) is 0 Å². The van der Waals surface area contributed by atoms with Crippen molar-refractivity contribution in [2.24, 2.45) is 5.73 Å². The van der Waals surface area contributed by atoms with Gasteiger partial charge >= 0.3 is 19.8 Å². The van der Waals surface area contributed by atoms with Crippen LogP contribution in [0.4, 0.5) is 0 Å². The number of ether oxygens (including phenoxy) is 2. The van der Waals surface area contributed by atoms with Crippen LogP contribution in [-0.2, 0) is 32.7 Å². The number of hydrogen-bond donors (Lipinski definition) is 2. The molecule has 0 aromatic rings. The van der Waals surface area contributed by atoms with Crippen molar-refractivity contribution in [3.8, 4) is 0 Å². The second-order valence-corrected chi connectivity index (χ2v) is 11.0. The molecule has 0 aromatic heterocycles. The number of hydrogen-bond acceptors (Lipinski definition) is 8. The summed E-state index contributed by atoms with van der Waals surface area (Å²) >= 11 is 0. The van der Waals surface area contributed by atoms with Crippen molar-refractivity contribution in [2.75, 3.05) is 26.4 Å². The van der Waals surface area contributed by atoms with Gasteiger partial charge in [0, 0.05) is 19.4 Å². The highest BCUT2D eigenvalue weighted by molar-refractivity contribution is 7.47.